The van der Waals surface area contributed by atoms with Gasteiger partial charge in [-0.1, -0.05) is 37.1 Å². The fraction of sp³-hybridized carbons (Fsp3) is 0.538. The van der Waals surface area contributed by atoms with Gasteiger partial charge >= 0.3 is 6.18 Å². The second-order valence-electron chi connectivity index (χ2n) is 9.23. The standard InChI is InChI=1S/C26H33F3N2O2/c27-26(28,29)21-9-5-19(6-10-21)18-33-22-11-7-20(8-12-22)24(17-31-15-13-30-14-16-31)23-3-1-2-4-25(23)32/h5-12,23-25,30,32H,1-4,13-18H2. The molecule has 33 heavy (non-hydrogen) atoms. The molecule has 1 aliphatic carbocycles. The van der Waals surface area contributed by atoms with Crippen LogP contribution in [0, 0.1) is 5.92 Å². The van der Waals surface area contributed by atoms with E-state index in [4.69, 9.17) is 4.74 Å². The van der Waals surface area contributed by atoms with Gasteiger partial charge in [-0.2, -0.15) is 13.2 Å². The molecule has 1 saturated carbocycles. The minimum atomic E-state index is -4.33. The van der Waals surface area contributed by atoms with Crippen molar-refractivity contribution in [3.8, 4) is 5.75 Å². The van der Waals surface area contributed by atoms with Gasteiger partial charge < -0.3 is 20.1 Å². The van der Waals surface area contributed by atoms with Gasteiger partial charge in [-0.05, 0) is 54.2 Å². The first-order valence-corrected chi connectivity index (χ1v) is 11.9. The summed E-state index contributed by atoms with van der Waals surface area (Å²) in [7, 11) is 0. The van der Waals surface area contributed by atoms with Crippen LogP contribution in [0.1, 0.15) is 48.3 Å². The van der Waals surface area contributed by atoms with Crippen LogP contribution in [0.4, 0.5) is 13.2 Å². The van der Waals surface area contributed by atoms with Crippen LogP contribution in [0.2, 0.25) is 0 Å². The predicted molar refractivity (Wildman–Crippen MR) is 122 cm³/mol. The fourth-order valence-electron chi connectivity index (χ4n) is 5.04. The summed E-state index contributed by atoms with van der Waals surface area (Å²) in [6.07, 6.45) is -0.422. The summed E-state index contributed by atoms with van der Waals surface area (Å²) >= 11 is 0. The number of halogens is 3. The second kappa shape index (κ2) is 10.9. The van der Waals surface area contributed by atoms with Gasteiger partial charge in [0.1, 0.15) is 12.4 Å². The normalized spacial score (nSPS) is 23.3. The van der Waals surface area contributed by atoms with Crippen LogP contribution in [0.25, 0.3) is 0 Å². The summed E-state index contributed by atoms with van der Waals surface area (Å²) in [5, 5.41) is 14.1. The Balaban J connectivity index is 1.41. The molecule has 1 saturated heterocycles. The van der Waals surface area contributed by atoms with Gasteiger partial charge in [-0.3, -0.25) is 0 Å². The number of ether oxygens (including phenoxy) is 1. The zero-order valence-electron chi connectivity index (χ0n) is 18.9. The van der Waals surface area contributed by atoms with Crippen LogP contribution < -0.4 is 10.1 Å². The minimum Gasteiger partial charge on any atom is -0.489 e. The third kappa shape index (κ3) is 6.49. The third-order valence-corrected chi connectivity index (χ3v) is 6.96. The van der Waals surface area contributed by atoms with Gasteiger partial charge in [0.25, 0.3) is 0 Å². The summed E-state index contributed by atoms with van der Waals surface area (Å²) < 4.78 is 44.0. The molecule has 2 fully saturated rings. The topological polar surface area (TPSA) is 44.7 Å². The summed E-state index contributed by atoms with van der Waals surface area (Å²) in [6.45, 7) is 5.19. The Morgan fingerprint density at radius 3 is 2.27 bits per heavy atom. The van der Waals surface area contributed by atoms with E-state index in [2.05, 4.69) is 22.3 Å². The summed E-state index contributed by atoms with van der Waals surface area (Å²) in [4.78, 5) is 2.48. The van der Waals surface area contributed by atoms with E-state index in [0.717, 1.165) is 70.5 Å². The fourth-order valence-corrected chi connectivity index (χ4v) is 5.04. The number of hydrogen-bond donors (Lipinski definition) is 2. The van der Waals surface area contributed by atoms with Gasteiger partial charge in [0.15, 0.2) is 0 Å². The quantitative estimate of drug-likeness (QED) is 0.619. The average molecular weight is 463 g/mol. The summed E-state index contributed by atoms with van der Waals surface area (Å²) in [6, 6.07) is 13.1. The second-order valence-corrected chi connectivity index (χ2v) is 9.23. The monoisotopic (exact) mass is 462 g/mol. The summed E-state index contributed by atoms with van der Waals surface area (Å²) in [5.74, 6) is 1.21. The highest BCUT2D eigenvalue weighted by molar-refractivity contribution is 5.31. The zero-order valence-corrected chi connectivity index (χ0v) is 18.9. The number of nitrogens with zero attached hydrogens (tertiary/aromatic N) is 1. The molecule has 0 aromatic heterocycles. The van der Waals surface area contributed by atoms with Crippen molar-refractivity contribution in [2.75, 3.05) is 32.7 Å². The Labute approximate surface area is 193 Å². The maximum absolute atomic E-state index is 12.7. The van der Waals surface area contributed by atoms with Gasteiger partial charge in [-0.25, -0.2) is 0 Å². The highest BCUT2D eigenvalue weighted by atomic mass is 19.4. The van der Waals surface area contributed by atoms with Gasteiger partial charge in [-0.15, -0.1) is 0 Å². The van der Waals surface area contributed by atoms with Gasteiger partial charge in [0, 0.05) is 38.6 Å². The number of rotatable bonds is 7. The Morgan fingerprint density at radius 1 is 0.970 bits per heavy atom. The van der Waals surface area contributed by atoms with Gasteiger partial charge in [0.05, 0.1) is 11.7 Å². The van der Waals surface area contributed by atoms with E-state index in [1.165, 1.54) is 17.7 Å². The smallest absolute Gasteiger partial charge is 0.416 e. The van der Waals surface area contributed by atoms with Crippen molar-refractivity contribution in [2.24, 2.45) is 5.92 Å². The van der Waals surface area contributed by atoms with E-state index < -0.39 is 11.7 Å². The summed E-state index contributed by atoms with van der Waals surface area (Å²) in [5.41, 5.74) is 1.24. The number of piperazine rings is 1. The molecule has 1 aliphatic heterocycles. The zero-order chi connectivity index (χ0) is 23.3. The van der Waals surface area contributed by atoms with E-state index in [1.807, 2.05) is 12.1 Å². The average Bonchev–Trinajstić information content (AvgIpc) is 2.83. The maximum Gasteiger partial charge on any atom is 0.416 e. The molecule has 2 aromatic carbocycles. The van der Waals surface area contributed by atoms with Gasteiger partial charge in [0.2, 0.25) is 0 Å². The lowest BCUT2D eigenvalue weighted by Crippen LogP contribution is -2.46. The molecule has 0 spiro atoms. The Morgan fingerprint density at radius 2 is 1.64 bits per heavy atom. The molecule has 4 nitrogen and oxygen atoms in total. The lowest BCUT2D eigenvalue weighted by Gasteiger charge is -2.38. The highest BCUT2D eigenvalue weighted by Crippen LogP contribution is 2.37. The first-order chi connectivity index (χ1) is 15.9. The number of nitrogens with one attached hydrogen (secondary N) is 1. The number of benzene rings is 2. The highest BCUT2D eigenvalue weighted by Gasteiger charge is 2.33. The molecule has 2 aromatic rings. The minimum absolute atomic E-state index is 0.211. The van der Waals surface area contributed by atoms with Crippen LogP contribution in [0.5, 0.6) is 5.75 Å². The lowest BCUT2D eigenvalue weighted by atomic mass is 9.74. The molecule has 3 atom stereocenters. The van der Waals surface area contributed by atoms with E-state index in [1.54, 1.807) is 0 Å². The molecule has 3 unspecified atom stereocenters. The predicted octanol–water partition coefficient (Wildman–Crippen LogP) is 4.82. The van der Waals surface area contributed by atoms with E-state index in [-0.39, 0.29) is 24.5 Å². The van der Waals surface area contributed by atoms with Crippen molar-refractivity contribution in [1.29, 1.82) is 0 Å². The first-order valence-electron chi connectivity index (χ1n) is 11.9. The molecule has 0 bridgehead atoms. The maximum atomic E-state index is 12.7. The lowest BCUT2D eigenvalue weighted by molar-refractivity contribution is -0.137. The molecular formula is C26H33F3N2O2. The van der Waals surface area contributed by atoms with Crippen LogP contribution in [-0.4, -0.2) is 48.8 Å². The SMILES string of the molecule is OC1CCCCC1C(CN1CCNCC1)c1ccc(OCc2ccc(C(F)(F)F)cc2)cc1. The molecule has 0 amide bonds. The Hall–Kier alpha value is -2.09. The van der Waals surface area contributed by atoms with Crippen LogP contribution in [0.15, 0.2) is 48.5 Å². The van der Waals surface area contributed by atoms with Crippen LogP contribution >= 0.6 is 0 Å². The van der Waals surface area contributed by atoms with E-state index in [0.29, 0.717) is 11.3 Å². The number of alkyl halides is 3. The largest absolute Gasteiger partial charge is 0.489 e. The van der Waals surface area contributed by atoms with Crippen molar-refractivity contribution in [3.63, 3.8) is 0 Å². The molecule has 2 aliphatic rings. The Bertz CT molecular complexity index is 865. The van der Waals surface area contributed by atoms with Crippen molar-refractivity contribution < 1.29 is 23.0 Å². The first kappa shape index (κ1) is 24.0. The molecule has 4 rings (SSSR count). The molecule has 1 heterocycles. The molecule has 0 radical (unpaired) electrons. The van der Waals surface area contributed by atoms with Crippen molar-refractivity contribution in [3.05, 3.63) is 65.2 Å². The van der Waals surface area contributed by atoms with Crippen molar-refractivity contribution in [2.45, 2.75) is 50.5 Å². The molecule has 180 valence electrons. The van der Waals surface area contributed by atoms with Crippen LogP contribution in [-0.2, 0) is 12.8 Å². The Kier molecular flexibility index (Phi) is 7.94. The number of aliphatic hydroxyl groups is 1. The molecule has 2 N–H and O–H groups in total. The van der Waals surface area contributed by atoms with Crippen molar-refractivity contribution in [1.82, 2.24) is 10.2 Å². The third-order valence-electron chi connectivity index (χ3n) is 6.96. The van der Waals surface area contributed by atoms with E-state index in [9.17, 15) is 18.3 Å². The van der Waals surface area contributed by atoms with Crippen molar-refractivity contribution >= 4 is 0 Å². The molecular weight excluding hydrogens is 429 g/mol. The molecule has 7 heteroatoms. The van der Waals surface area contributed by atoms with Crippen LogP contribution in [0.3, 0.4) is 0 Å². The number of aliphatic hydroxyl groups excluding tert-OH is 1. The van der Waals surface area contributed by atoms with E-state index >= 15 is 0 Å². The number of hydrogen-bond acceptors (Lipinski definition) is 4.